The Balaban J connectivity index is 3.01. The predicted molar refractivity (Wildman–Crippen MR) is 44.7 cm³/mol. The van der Waals surface area contributed by atoms with Crippen LogP contribution in [-0.2, 0) is 0 Å². The summed E-state index contributed by atoms with van der Waals surface area (Å²) in [6.07, 6.45) is 1.29. The van der Waals surface area contributed by atoms with Gasteiger partial charge in [-0.1, -0.05) is 6.07 Å². The van der Waals surface area contributed by atoms with E-state index in [2.05, 4.69) is 5.10 Å². The highest BCUT2D eigenvalue weighted by Gasteiger charge is 2.07. The Hall–Kier alpha value is -2.04. The first-order chi connectivity index (χ1) is 6.18. The van der Waals surface area contributed by atoms with Crippen molar-refractivity contribution < 1.29 is 5.21 Å². The van der Waals surface area contributed by atoms with Crippen LogP contribution in [0.5, 0.6) is 0 Å². The van der Waals surface area contributed by atoms with Crippen LogP contribution in [-0.4, -0.2) is 15.2 Å². The van der Waals surface area contributed by atoms with E-state index in [1.54, 1.807) is 18.2 Å². The van der Waals surface area contributed by atoms with Crippen LogP contribution in [0, 0.1) is 5.41 Å². The van der Waals surface area contributed by atoms with Crippen molar-refractivity contribution in [2.24, 2.45) is 0 Å². The number of nitrogens with zero attached hydrogens (tertiary/aromatic N) is 1. The molecule has 0 saturated heterocycles. The van der Waals surface area contributed by atoms with E-state index in [1.165, 1.54) is 6.20 Å². The van der Waals surface area contributed by atoms with Gasteiger partial charge >= 0.3 is 0 Å². The largest absolute Gasteiger partial charge is 0.413 e. The van der Waals surface area contributed by atoms with Gasteiger partial charge in [-0.2, -0.15) is 0 Å². The van der Waals surface area contributed by atoms with Crippen molar-refractivity contribution in [3.63, 3.8) is 0 Å². The average molecular weight is 177 g/mol. The molecular weight excluding hydrogens is 170 g/mol. The number of H-pyrrole nitrogens is 1. The fourth-order valence-electron chi connectivity index (χ4n) is 1.22. The molecule has 0 atom stereocenters. The minimum absolute atomic E-state index is 0.214. The maximum absolute atomic E-state index is 11.2. The fraction of sp³-hybridized carbons (Fsp3) is 0. The van der Waals surface area contributed by atoms with Gasteiger partial charge in [0.05, 0.1) is 17.1 Å². The molecule has 1 heterocycles. The van der Waals surface area contributed by atoms with Gasteiger partial charge in [-0.3, -0.25) is 4.79 Å². The van der Waals surface area contributed by atoms with E-state index in [0.29, 0.717) is 16.0 Å². The molecule has 0 aromatic heterocycles. The van der Waals surface area contributed by atoms with Crippen molar-refractivity contribution in [1.82, 2.24) is 9.94 Å². The number of rotatable bonds is 0. The zero-order chi connectivity index (χ0) is 9.42. The second-order valence-electron chi connectivity index (χ2n) is 2.68. The van der Waals surface area contributed by atoms with Crippen LogP contribution in [0.15, 0.2) is 29.2 Å². The number of hydrogen-bond donors (Lipinski definition) is 3. The highest BCUT2D eigenvalue weighted by Crippen LogP contribution is 2.08. The fourth-order valence-corrected chi connectivity index (χ4v) is 1.22. The molecule has 5 nitrogen and oxygen atoms in total. The first-order valence-corrected chi connectivity index (χ1v) is 3.67. The molecule has 0 amide bonds. The maximum atomic E-state index is 11.2. The normalized spacial score (nSPS) is 10.5. The number of aromatic amines is 1. The predicted octanol–water partition coefficient (Wildman–Crippen LogP) is -0.00203. The van der Waals surface area contributed by atoms with Crippen molar-refractivity contribution in [2.45, 2.75) is 0 Å². The van der Waals surface area contributed by atoms with Gasteiger partial charge in [0, 0.05) is 5.56 Å². The molecule has 3 N–H and O–H groups in total. The molecule has 5 heteroatoms. The molecule has 0 spiro atoms. The molecule has 0 radical (unpaired) electrons. The Kier molecular flexibility index (Phi) is 1.45. The number of hydrogen-bond acceptors (Lipinski definition) is 3. The second-order valence-corrected chi connectivity index (χ2v) is 2.68. The molecular formula is C8H7N3O2. The molecule has 0 aromatic carbocycles. The maximum Gasteiger partial charge on any atom is 0.273 e. The molecule has 0 aromatic rings. The summed E-state index contributed by atoms with van der Waals surface area (Å²) in [5, 5.41) is 18.9. The smallest absolute Gasteiger partial charge is 0.273 e. The Bertz CT molecular complexity index is 526. The van der Waals surface area contributed by atoms with E-state index < -0.39 is 5.56 Å². The minimum atomic E-state index is -0.408. The molecule has 0 fully saturated rings. The summed E-state index contributed by atoms with van der Waals surface area (Å²) in [5.41, 5.74) is 0.417. The Morgan fingerprint density at radius 1 is 1.38 bits per heavy atom. The highest BCUT2D eigenvalue weighted by atomic mass is 16.5. The standard InChI is InChI=1S/C8H7N3O2/c9-7-3-1-2-5-6(7)4-11(13)10-8(5)12/h1-4,9,13H,(H,10,12). The number of benzene rings is 1. The topological polar surface area (TPSA) is 81.9 Å². The lowest BCUT2D eigenvalue weighted by Crippen LogP contribution is -2.21. The van der Waals surface area contributed by atoms with E-state index >= 15 is 0 Å². The van der Waals surface area contributed by atoms with E-state index in [0.717, 1.165) is 0 Å². The van der Waals surface area contributed by atoms with Crippen LogP contribution in [0.25, 0.3) is 11.1 Å². The Labute approximate surface area is 72.7 Å². The van der Waals surface area contributed by atoms with E-state index in [-0.39, 0.29) is 5.36 Å². The molecule has 2 rings (SSSR count). The van der Waals surface area contributed by atoms with Crippen molar-refractivity contribution in [1.29, 1.82) is 5.41 Å². The summed E-state index contributed by atoms with van der Waals surface area (Å²) < 4.78 is 0. The third-order valence-electron chi connectivity index (χ3n) is 1.82. The van der Waals surface area contributed by atoms with Gasteiger partial charge in [0.15, 0.2) is 0 Å². The number of aromatic nitrogens is 2. The quantitative estimate of drug-likeness (QED) is 0.495. The summed E-state index contributed by atoms with van der Waals surface area (Å²) >= 11 is 0. The molecule has 2 aliphatic rings. The summed E-state index contributed by atoms with van der Waals surface area (Å²) in [7, 11) is 0. The van der Waals surface area contributed by atoms with E-state index in [9.17, 15) is 4.79 Å². The van der Waals surface area contributed by atoms with Gasteiger partial charge < -0.3 is 10.6 Å². The lowest BCUT2D eigenvalue weighted by atomic mass is 10.1. The monoisotopic (exact) mass is 177 g/mol. The van der Waals surface area contributed by atoms with Gasteiger partial charge in [-0.25, -0.2) is 5.10 Å². The zero-order valence-corrected chi connectivity index (χ0v) is 6.61. The van der Waals surface area contributed by atoms with Crippen molar-refractivity contribution in [2.75, 3.05) is 0 Å². The van der Waals surface area contributed by atoms with Crippen molar-refractivity contribution in [3.05, 3.63) is 40.1 Å². The molecule has 0 saturated carbocycles. The van der Waals surface area contributed by atoms with Gasteiger partial charge in [-0.05, 0) is 12.1 Å². The minimum Gasteiger partial charge on any atom is -0.413 e. The molecule has 13 heavy (non-hydrogen) atoms. The van der Waals surface area contributed by atoms with Crippen LogP contribution in [0.4, 0.5) is 0 Å². The first kappa shape index (κ1) is 7.60. The first-order valence-electron chi connectivity index (χ1n) is 3.67. The molecule has 1 aliphatic carbocycles. The van der Waals surface area contributed by atoms with Gasteiger partial charge in [0.2, 0.25) is 0 Å². The zero-order valence-electron chi connectivity index (χ0n) is 6.61. The Morgan fingerprint density at radius 2 is 2.15 bits per heavy atom. The van der Waals surface area contributed by atoms with E-state index in [4.69, 9.17) is 10.6 Å². The van der Waals surface area contributed by atoms with Crippen LogP contribution in [0.3, 0.4) is 0 Å². The number of fused-ring (bicyclic) bond motifs is 1. The third kappa shape index (κ3) is 1.10. The van der Waals surface area contributed by atoms with Crippen LogP contribution < -0.4 is 10.9 Å². The summed E-state index contributed by atoms with van der Waals surface area (Å²) in [5.74, 6) is 0. The summed E-state index contributed by atoms with van der Waals surface area (Å²) in [4.78, 5) is 11.8. The second kappa shape index (κ2) is 2.48. The van der Waals surface area contributed by atoms with Crippen LogP contribution in [0.1, 0.15) is 0 Å². The summed E-state index contributed by atoms with van der Waals surface area (Å²) in [6, 6.07) is 4.79. The molecule has 66 valence electrons. The lowest BCUT2D eigenvalue weighted by molar-refractivity contribution is 0.142. The highest BCUT2D eigenvalue weighted by molar-refractivity contribution is 5.61. The van der Waals surface area contributed by atoms with Crippen LogP contribution >= 0.6 is 0 Å². The third-order valence-corrected chi connectivity index (χ3v) is 1.82. The Morgan fingerprint density at radius 3 is 2.92 bits per heavy atom. The number of nitrogens with one attached hydrogen (secondary N) is 2. The SMILES string of the molecule is N=c1cccc2c(=O)[nH]n(O)cc1-2. The van der Waals surface area contributed by atoms with Gasteiger partial charge in [-0.15, -0.1) is 4.85 Å². The van der Waals surface area contributed by atoms with Crippen molar-refractivity contribution in [3.8, 4) is 11.1 Å². The average Bonchev–Trinajstić information content (AvgIpc) is 2.07. The molecule has 1 aliphatic heterocycles. The molecule has 0 bridgehead atoms. The van der Waals surface area contributed by atoms with E-state index in [1.807, 2.05) is 0 Å². The van der Waals surface area contributed by atoms with Crippen molar-refractivity contribution >= 4 is 0 Å². The van der Waals surface area contributed by atoms with Gasteiger partial charge in [0.1, 0.15) is 0 Å². The summed E-state index contributed by atoms with van der Waals surface area (Å²) in [6.45, 7) is 0. The van der Waals surface area contributed by atoms with Crippen LogP contribution in [0.2, 0.25) is 0 Å². The van der Waals surface area contributed by atoms with Gasteiger partial charge in [0.25, 0.3) is 5.56 Å². The molecule has 0 unspecified atom stereocenters. The lowest BCUT2D eigenvalue weighted by Gasteiger charge is -2.04.